The van der Waals surface area contributed by atoms with E-state index in [9.17, 15) is 4.79 Å². The second-order valence-electron chi connectivity index (χ2n) is 2.66. The van der Waals surface area contributed by atoms with Crippen LogP contribution in [0.1, 0.15) is 13.8 Å². The molecule has 0 bridgehead atoms. The van der Waals surface area contributed by atoms with Gasteiger partial charge in [0.15, 0.2) is 11.0 Å². The fourth-order valence-corrected chi connectivity index (χ4v) is 1.52. The summed E-state index contributed by atoms with van der Waals surface area (Å²) in [4.78, 5) is 11.3. The third kappa shape index (κ3) is 2.81. The molecule has 1 unspecified atom stereocenters. The van der Waals surface area contributed by atoms with E-state index in [0.717, 1.165) is 11.7 Å². The number of aromatic nitrogens is 2. The molecule has 0 aromatic carbocycles. The minimum absolute atomic E-state index is 0.0865. The summed E-state index contributed by atoms with van der Waals surface area (Å²) in [5, 5.41) is 5.85. The molecule has 1 aromatic rings. The number of carbonyl (C=O) groups is 1. The van der Waals surface area contributed by atoms with Gasteiger partial charge in [-0.25, -0.2) is 0 Å². The molecule has 0 aliphatic heterocycles. The third-order valence-corrected chi connectivity index (χ3v) is 2.44. The van der Waals surface area contributed by atoms with Crippen LogP contribution in [0.15, 0.2) is 0 Å². The molecule has 0 radical (unpaired) electrons. The number of nitrogens with one attached hydrogen (secondary N) is 2. The summed E-state index contributed by atoms with van der Waals surface area (Å²) in [6.45, 7) is 4.20. The van der Waals surface area contributed by atoms with Crippen molar-refractivity contribution >= 4 is 35.1 Å². The zero-order valence-electron chi connectivity index (χ0n) is 7.87. The highest BCUT2D eigenvalue weighted by molar-refractivity contribution is 6.99. The van der Waals surface area contributed by atoms with Crippen LogP contribution in [0, 0.1) is 0 Å². The van der Waals surface area contributed by atoms with Gasteiger partial charge in [0.2, 0.25) is 5.91 Å². The summed E-state index contributed by atoms with van der Waals surface area (Å²) in [5.41, 5.74) is 0. The second kappa shape index (κ2) is 5.11. The molecular formula is C7H11ClN4OS. The van der Waals surface area contributed by atoms with Gasteiger partial charge < -0.3 is 10.6 Å². The van der Waals surface area contributed by atoms with Crippen molar-refractivity contribution in [3.8, 4) is 0 Å². The van der Waals surface area contributed by atoms with Gasteiger partial charge in [0, 0.05) is 6.54 Å². The number of hydrogen-bond donors (Lipinski definition) is 2. The van der Waals surface area contributed by atoms with Gasteiger partial charge in [0.05, 0.1) is 11.7 Å². The molecule has 1 amide bonds. The van der Waals surface area contributed by atoms with E-state index >= 15 is 0 Å². The minimum Gasteiger partial charge on any atom is -0.355 e. The van der Waals surface area contributed by atoms with Crippen LogP contribution in [0.25, 0.3) is 0 Å². The molecule has 1 atom stereocenters. The number of carbonyl (C=O) groups excluding carboxylic acids is 1. The van der Waals surface area contributed by atoms with Gasteiger partial charge in [-0.2, -0.15) is 8.75 Å². The van der Waals surface area contributed by atoms with Crippen molar-refractivity contribution in [3.63, 3.8) is 0 Å². The van der Waals surface area contributed by atoms with Crippen LogP contribution in [0.5, 0.6) is 0 Å². The van der Waals surface area contributed by atoms with Gasteiger partial charge >= 0.3 is 0 Å². The van der Waals surface area contributed by atoms with E-state index in [1.54, 1.807) is 6.92 Å². The molecule has 14 heavy (non-hydrogen) atoms. The zero-order chi connectivity index (χ0) is 10.6. The Balaban J connectivity index is 2.52. The molecule has 2 N–H and O–H groups in total. The molecule has 0 fully saturated rings. The highest BCUT2D eigenvalue weighted by Crippen LogP contribution is 2.18. The van der Waals surface area contributed by atoms with Gasteiger partial charge in [-0.15, -0.1) is 0 Å². The minimum atomic E-state index is -0.364. The number of hydrogen-bond acceptors (Lipinski definition) is 5. The highest BCUT2D eigenvalue weighted by Gasteiger charge is 2.14. The van der Waals surface area contributed by atoms with E-state index < -0.39 is 0 Å². The third-order valence-electron chi connectivity index (χ3n) is 1.55. The summed E-state index contributed by atoms with van der Waals surface area (Å²) >= 11 is 6.72. The lowest BCUT2D eigenvalue weighted by Crippen LogP contribution is -2.37. The van der Waals surface area contributed by atoms with Crippen molar-refractivity contribution in [2.24, 2.45) is 0 Å². The van der Waals surface area contributed by atoms with Crippen LogP contribution in [0.4, 0.5) is 5.82 Å². The Hall–Kier alpha value is -0.880. The largest absolute Gasteiger partial charge is 0.355 e. The molecule has 7 heteroatoms. The van der Waals surface area contributed by atoms with Crippen molar-refractivity contribution in [1.82, 2.24) is 14.1 Å². The first-order valence-corrected chi connectivity index (χ1v) is 5.28. The maximum atomic E-state index is 11.3. The summed E-state index contributed by atoms with van der Waals surface area (Å²) in [6, 6.07) is -0.364. The molecule has 1 heterocycles. The predicted molar refractivity (Wildman–Crippen MR) is 56.7 cm³/mol. The first-order chi connectivity index (χ1) is 6.65. The summed E-state index contributed by atoms with van der Waals surface area (Å²) in [7, 11) is 0. The molecule has 0 aliphatic carbocycles. The van der Waals surface area contributed by atoms with Gasteiger partial charge in [0.25, 0.3) is 0 Å². The molecule has 1 aromatic heterocycles. The first kappa shape index (κ1) is 11.2. The highest BCUT2D eigenvalue weighted by atomic mass is 35.5. The summed E-state index contributed by atoms with van der Waals surface area (Å²) < 4.78 is 7.68. The predicted octanol–water partition coefficient (Wildman–Crippen LogP) is 1.13. The Kier molecular flexibility index (Phi) is 4.09. The lowest BCUT2D eigenvalue weighted by molar-refractivity contribution is -0.121. The molecular weight excluding hydrogens is 224 g/mol. The molecule has 0 saturated carbocycles. The van der Waals surface area contributed by atoms with Gasteiger partial charge in [-0.1, -0.05) is 11.6 Å². The summed E-state index contributed by atoms with van der Waals surface area (Å²) in [6.07, 6.45) is 0. The number of likely N-dealkylation sites (N-methyl/N-ethyl adjacent to an activating group) is 1. The van der Waals surface area contributed by atoms with Crippen LogP contribution < -0.4 is 10.6 Å². The normalized spacial score (nSPS) is 12.2. The van der Waals surface area contributed by atoms with Crippen molar-refractivity contribution in [3.05, 3.63) is 5.15 Å². The monoisotopic (exact) mass is 234 g/mol. The number of anilines is 1. The number of nitrogens with zero attached hydrogens (tertiary/aromatic N) is 2. The maximum Gasteiger partial charge on any atom is 0.242 e. The van der Waals surface area contributed by atoms with Crippen LogP contribution >= 0.6 is 23.3 Å². The average molecular weight is 235 g/mol. The quantitative estimate of drug-likeness (QED) is 0.820. The standard InChI is InChI=1S/C7H11ClN4OS/c1-3-9-7(13)4(2)10-6-5(8)11-14-12-6/h4H,3H2,1-2H3,(H,9,13)(H,10,12). The lowest BCUT2D eigenvalue weighted by Gasteiger charge is -2.11. The Labute approximate surface area is 91.2 Å². The van der Waals surface area contributed by atoms with E-state index in [-0.39, 0.29) is 11.9 Å². The Morgan fingerprint density at radius 2 is 2.36 bits per heavy atom. The fourth-order valence-electron chi connectivity index (χ4n) is 0.862. The van der Waals surface area contributed by atoms with E-state index in [4.69, 9.17) is 11.6 Å². The van der Waals surface area contributed by atoms with Crippen LogP contribution in [0.2, 0.25) is 5.15 Å². The molecule has 0 aliphatic rings. The second-order valence-corrected chi connectivity index (χ2v) is 3.55. The number of amides is 1. The molecule has 0 saturated heterocycles. The van der Waals surface area contributed by atoms with E-state index in [1.807, 2.05) is 6.92 Å². The Morgan fingerprint density at radius 3 is 2.86 bits per heavy atom. The molecule has 0 spiro atoms. The van der Waals surface area contributed by atoms with Crippen LogP contribution in [-0.2, 0) is 4.79 Å². The van der Waals surface area contributed by atoms with Crippen molar-refractivity contribution in [1.29, 1.82) is 0 Å². The van der Waals surface area contributed by atoms with Crippen LogP contribution in [0.3, 0.4) is 0 Å². The molecule has 78 valence electrons. The fraction of sp³-hybridized carbons (Fsp3) is 0.571. The van der Waals surface area contributed by atoms with Gasteiger partial charge in [0.1, 0.15) is 6.04 Å². The molecule has 1 rings (SSSR count). The Morgan fingerprint density at radius 1 is 1.64 bits per heavy atom. The van der Waals surface area contributed by atoms with Gasteiger partial charge in [-0.3, -0.25) is 4.79 Å². The topological polar surface area (TPSA) is 66.9 Å². The van der Waals surface area contributed by atoms with E-state index in [2.05, 4.69) is 19.4 Å². The Bertz CT molecular complexity index is 316. The maximum absolute atomic E-state index is 11.3. The van der Waals surface area contributed by atoms with E-state index in [0.29, 0.717) is 17.5 Å². The average Bonchev–Trinajstić information content (AvgIpc) is 2.52. The summed E-state index contributed by atoms with van der Waals surface area (Å²) in [5.74, 6) is 0.368. The van der Waals surface area contributed by atoms with Gasteiger partial charge in [-0.05, 0) is 13.8 Å². The van der Waals surface area contributed by atoms with Crippen LogP contribution in [-0.4, -0.2) is 27.2 Å². The van der Waals surface area contributed by atoms with Crippen molar-refractivity contribution in [2.45, 2.75) is 19.9 Å². The smallest absolute Gasteiger partial charge is 0.242 e. The number of rotatable bonds is 4. The SMILES string of the molecule is CCNC(=O)C(C)Nc1nsnc1Cl. The first-order valence-electron chi connectivity index (χ1n) is 4.17. The molecule has 5 nitrogen and oxygen atoms in total. The lowest BCUT2D eigenvalue weighted by atomic mass is 10.3. The zero-order valence-corrected chi connectivity index (χ0v) is 9.45. The van der Waals surface area contributed by atoms with Crippen molar-refractivity contribution < 1.29 is 4.79 Å². The van der Waals surface area contributed by atoms with Crippen molar-refractivity contribution in [2.75, 3.05) is 11.9 Å². The number of halogens is 1. The van der Waals surface area contributed by atoms with E-state index in [1.165, 1.54) is 0 Å².